The van der Waals surface area contributed by atoms with Crippen LogP contribution in [0.1, 0.15) is 53.7 Å². The Morgan fingerprint density at radius 2 is 1.95 bits per heavy atom. The molecular weight excluding hydrogens is 489 g/mol. The zero-order valence-corrected chi connectivity index (χ0v) is 22.0. The van der Waals surface area contributed by atoms with E-state index in [4.69, 9.17) is 9.47 Å². The number of hydrogen-bond acceptors (Lipinski definition) is 6. The van der Waals surface area contributed by atoms with Gasteiger partial charge in [-0.15, -0.1) is 0 Å². The summed E-state index contributed by atoms with van der Waals surface area (Å²) in [6.45, 7) is 4.40. The molecule has 3 N–H and O–H groups in total. The molecule has 9 nitrogen and oxygen atoms in total. The molecule has 0 aliphatic heterocycles. The van der Waals surface area contributed by atoms with Crippen LogP contribution < -0.4 is 15.4 Å². The van der Waals surface area contributed by atoms with Crippen LogP contribution in [-0.4, -0.2) is 65.3 Å². The van der Waals surface area contributed by atoms with Gasteiger partial charge < -0.3 is 25.1 Å². The van der Waals surface area contributed by atoms with Crippen molar-refractivity contribution in [2.45, 2.75) is 64.2 Å². The number of H-pyrrole nitrogens is 1. The van der Waals surface area contributed by atoms with Gasteiger partial charge in [0, 0.05) is 30.8 Å². The second-order valence-electron chi connectivity index (χ2n) is 10.4. The van der Waals surface area contributed by atoms with Gasteiger partial charge in [-0.05, 0) is 57.6 Å². The second kappa shape index (κ2) is 11.1. The summed E-state index contributed by atoms with van der Waals surface area (Å²) >= 11 is 0. The Bertz CT molecular complexity index is 1340. The summed E-state index contributed by atoms with van der Waals surface area (Å²) in [5.41, 5.74) is 4.83. The normalized spacial score (nSPS) is 21.3. The highest BCUT2D eigenvalue weighted by molar-refractivity contribution is 6.09. The van der Waals surface area contributed by atoms with Gasteiger partial charge in [-0.3, -0.25) is 9.59 Å². The zero-order valence-electron chi connectivity index (χ0n) is 22.0. The summed E-state index contributed by atoms with van der Waals surface area (Å²) in [6.07, 6.45) is 3.69. The van der Waals surface area contributed by atoms with Crippen LogP contribution in [0.2, 0.25) is 0 Å². The van der Waals surface area contributed by atoms with E-state index in [0.29, 0.717) is 53.4 Å². The van der Waals surface area contributed by atoms with E-state index in [1.165, 1.54) is 26.3 Å². The number of fused-ring (bicyclic) bond motifs is 1. The highest BCUT2D eigenvalue weighted by Crippen LogP contribution is 2.37. The van der Waals surface area contributed by atoms with Crippen molar-refractivity contribution >= 4 is 22.8 Å². The van der Waals surface area contributed by atoms with E-state index >= 15 is 0 Å². The number of amides is 2. The Morgan fingerprint density at radius 3 is 2.68 bits per heavy atom. The van der Waals surface area contributed by atoms with Gasteiger partial charge in [0.15, 0.2) is 0 Å². The van der Waals surface area contributed by atoms with E-state index in [9.17, 15) is 14.0 Å². The monoisotopic (exact) mass is 523 g/mol. The van der Waals surface area contributed by atoms with Gasteiger partial charge in [0.1, 0.15) is 36.1 Å². The maximum atomic E-state index is 14.8. The Kier molecular flexibility index (Phi) is 7.60. The molecule has 2 amide bonds. The van der Waals surface area contributed by atoms with Crippen molar-refractivity contribution in [2.75, 3.05) is 20.3 Å². The second-order valence-corrected chi connectivity index (χ2v) is 10.4. The number of nitrogens with one attached hydrogen (secondary N) is 3. The molecule has 3 aromatic rings. The number of aryl methyl sites for hydroxylation is 2. The molecule has 38 heavy (non-hydrogen) atoms. The summed E-state index contributed by atoms with van der Waals surface area (Å²) in [5, 5.41) is 5.65. The van der Waals surface area contributed by atoms with Crippen LogP contribution >= 0.6 is 0 Å². The number of methoxy groups -OCH3 is 1. The van der Waals surface area contributed by atoms with Crippen LogP contribution in [0.5, 0.6) is 5.75 Å². The predicted molar refractivity (Wildman–Crippen MR) is 141 cm³/mol. The van der Waals surface area contributed by atoms with Gasteiger partial charge in [-0.25, -0.2) is 14.4 Å². The molecule has 1 aromatic carbocycles. The van der Waals surface area contributed by atoms with Gasteiger partial charge in [-0.1, -0.05) is 11.6 Å². The number of alkyl halides is 1. The minimum Gasteiger partial charge on any atom is -0.493 e. The molecule has 2 fully saturated rings. The SMILES string of the molecule is COCC(=O)N[C@@H]1CC[C@H](NC(=O)c2c(C)[nH]c3c(-c4cc(C)ccc4OCC4CC4)ncnc23)C[C@H]1F. The molecule has 2 aromatic heterocycles. The Hall–Kier alpha value is -3.53. The fraction of sp³-hybridized carbons (Fsp3) is 0.500. The van der Waals surface area contributed by atoms with Crippen LogP contribution in [-0.2, 0) is 9.53 Å². The van der Waals surface area contributed by atoms with E-state index in [1.807, 2.05) is 32.0 Å². The van der Waals surface area contributed by atoms with E-state index in [0.717, 1.165) is 16.9 Å². The lowest BCUT2D eigenvalue weighted by Crippen LogP contribution is -2.50. The number of hydrogen-bond donors (Lipinski definition) is 3. The van der Waals surface area contributed by atoms with Gasteiger partial charge in [0.2, 0.25) is 5.91 Å². The Morgan fingerprint density at radius 1 is 1.13 bits per heavy atom. The first-order chi connectivity index (χ1) is 18.3. The molecule has 0 spiro atoms. The lowest BCUT2D eigenvalue weighted by Gasteiger charge is -2.32. The summed E-state index contributed by atoms with van der Waals surface area (Å²) in [5.74, 6) is 0.705. The molecule has 3 atom stereocenters. The summed E-state index contributed by atoms with van der Waals surface area (Å²) < 4.78 is 25.7. The summed E-state index contributed by atoms with van der Waals surface area (Å²) in [6, 6.07) is 5.08. The number of halogens is 1. The summed E-state index contributed by atoms with van der Waals surface area (Å²) in [7, 11) is 1.42. The number of benzene rings is 1. The molecule has 10 heteroatoms. The van der Waals surface area contributed by atoms with Crippen LogP contribution in [0.4, 0.5) is 4.39 Å². The molecule has 0 radical (unpaired) electrons. The molecule has 0 unspecified atom stereocenters. The molecule has 0 saturated heterocycles. The minimum absolute atomic E-state index is 0.107. The lowest BCUT2D eigenvalue weighted by atomic mass is 9.89. The average Bonchev–Trinajstić information content (AvgIpc) is 3.64. The number of aromatic amines is 1. The smallest absolute Gasteiger partial charge is 0.255 e. The number of ether oxygens (including phenoxy) is 2. The van der Waals surface area contributed by atoms with Gasteiger partial charge in [0.05, 0.1) is 23.7 Å². The standard InChI is InChI=1S/C28H34FN5O4/c1-15-4-9-22(38-12-17-5-6-17)19(10-15)25-27-26(31-14-30-25)24(16(2)32-27)28(36)33-18-7-8-21(20(29)11-18)34-23(35)13-37-3/h4,9-10,14,17-18,20-21,32H,5-8,11-13H2,1-3H3,(H,33,36)(H,34,35)/t18-,20+,21+/m0/s1. The van der Waals surface area contributed by atoms with Crippen molar-refractivity contribution in [3.05, 3.63) is 41.3 Å². The van der Waals surface area contributed by atoms with Crippen molar-refractivity contribution < 1.29 is 23.5 Å². The van der Waals surface area contributed by atoms with Gasteiger partial charge in [0.25, 0.3) is 5.91 Å². The van der Waals surface area contributed by atoms with Crippen molar-refractivity contribution in [3.8, 4) is 17.0 Å². The predicted octanol–water partition coefficient (Wildman–Crippen LogP) is 3.78. The topological polar surface area (TPSA) is 118 Å². The van der Waals surface area contributed by atoms with E-state index in [2.05, 4.69) is 25.6 Å². The van der Waals surface area contributed by atoms with Crippen LogP contribution in [0.15, 0.2) is 24.5 Å². The number of carbonyl (C=O) groups excluding carboxylic acids is 2. The van der Waals surface area contributed by atoms with Gasteiger partial charge >= 0.3 is 0 Å². The molecule has 2 aliphatic carbocycles. The number of nitrogens with zero attached hydrogens (tertiary/aromatic N) is 2. The number of carbonyl (C=O) groups is 2. The van der Waals surface area contributed by atoms with Gasteiger partial charge in [-0.2, -0.15) is 0 Å². The van der Waals surface area contributed by atoms with Crippen LogP contribution in [0.25, 0.3) is 22.3 Å². The van der Waals surface area contributed by atoms with E-state index < -0.39 is 12.2 Å². The number of aromatic nitrogens is 3. The average molecular weight is 524 g/mol. The Labute approximate surface area is 220 Å². The third-order valence-corrected chi connectivity index (χ3v) is 7.29. The first kappa shape index (κ1) is 26.1. The molecular formula is C28H34FN5O4. The first-order valence-corrected chi connectivity index (χ1v) is 13.1. The molecule has 2 heterocycles. The van der Waals surface area contributed by atoms with Crippen LogP contribution in [0, 0.1) is 19.8 Å². The largest absolute Gasteiger partial charge is 0.493 e. The highest BCUT2D eigenvalue weighted by Gasteiger charge is 2.33. The molecule has 0 bridgehead atoms. The van der Waals surface area contributed by atoms with Crippen molar-refractivity contribution in [1.29, 1.82) is 0 Å². The molecule has 5 rings (SSSR count). The van der Waals surface area contributed by atoms with Crippen molar-refractivity contribution in [2.24, 2.45) is 5.92 Å². The zero-order chi connectivity index (χ0) is 26.8. The molecule has 202 valence electrons. The molecule has 2 aliphatic rings. The third-order valence-electron chi connectivity index (χ3n) is 7.29. The number of rotatable bonds is 9. The Balaban J connectivity index is 1.35. The summed E-state index contributed by atoms with van der Waals surface area (Å²) in [4.78, 5) is 37.5. The van der Waals surface area contributed by atoms with E-state index in [1.54, 1.807) is 0 Å². The maximum absolute atomic E-state index is 14.8. The van der Waals surface area contributed by atoms with Crippen LogP contribution in [0.3, 0.4) is 0 Å². The van der Waals surface area contributed by atoms with Crippen molar-refractivity contribution in [1.82, 2.24) is 25.6 Å². The molecule has 2 saturated carbocycles. The quantitative estimate of drug-likeness (QED) is 0.393. The van der Waals surface area contributed by atoms with E-state index in [-0.39, 0.29) is 30.9 Å². The highest BCUT2D eigenvalue weighted by atomic mass is 19.1. The maximum Gasteiger partial charge on any atom is 0.255 e. The lowest BCUT2D eigenvalue weighted by molar-refractivity contribution is -0.126. The fourth-order valence-electron chi connectivity index (χ4n) is 5.10. The third kappa shape index (κ3) is 5.65. The first-order valence-electron chi connectivity index (χ1n) is 13.1. The van der Waals surface area contributed by atoms with Crippen molar-refractivity contribution in [3.63, 3.8) is 0 Å². The fourth-order valence-corrected chi connectivity index (χ4v) is 5.10. The minimum atomic E-state index is -1.26.